The number of ether oxygens (including phenoxy) is 3. The largest absolute Gasteiger partial charge is 0.497 e. The minimum absolute atomic E-state index is 0.0235. The molecule has 0 unspecified atom stereocenters. The maximum atomic E-state index is 12.6. The average molecular weight is 447 g/mol. The van der Waals surface area contributed by atoms with Gasteiger partial charge in [-0.3, -0.25) is 4.99 Å². The molecule has 2 aromatic rings. The summed E-state index contributed by atoms with van der Waals surface area (Å²) in [6.45, 7) is -4.20. The molecular weight excluding hydrogens is 425 g/mol. The monoisotopic (exact) mass is 447 g/mol. The predicted molar refractivity (Wildman–Crippen MR) is 105 cm³/mol. The highest BCUT2D eigenvalue weighted by atomic mass is 19.4. The van der Waals surface area contributed by atoms with Gasteiger partial charge in [0, 0.05) is 31.3 Å². The number of benzene rings is 2. The topological polar surface area (TPSA) is 64.1 Å². The van der Waals surface area contributed by atoms with Gasteiger partial charge in [0.1, 0.15) is 17.2 Å². The molecule has 2 N–H and O–H groups in total. The molecule has 11 heteroatoms. The van der Waals surface area contributed by atoms with Gasteiger partial charge in [-0.1, -0.05) is 18.2 Å². The van der Waals surface area contributed by atoms with E-state index in [-0.39, 0.29) is 30.5 Å². The van der Waals surface area contributed by atoms with Gasteiger partial charge in [0.25, 0.3) is 0 Å². The molecule has 170 valence electrons. The summed E-state index contributed by atoms with van der Waals surface area (Å²) < 4.78 is 77.0. The van der Waals surface area contributed by atoms with E-state index in [1.807, 2.05) is 0 Å². The highest BCUT2D eigenvalue weighted by molar-refractivity contribution is 5.79. The minimum Gasteiger partial charge on any atom is -0.497 e. The number of alkyl halides is 5. The normalized spacial score (nSPS) is 11.9. The second-order valence-corrected chi connectivity index (χ2v) is 6.14. The Morgan fingerprint density at radius 2 is 1.68 bits per heavy atom. The summed E-state index contributed by atoms with van der Waals surface area (Å²) >= 11 is 0. The van der Waals surface area contributed by atoms with E-state index >= 15 is 0 Å². The fourth-order valence-electron chi connectivity index (χ4n) is 2.56. The van der Waals surface area contributed by atoms with Crippen molar-refractivity contribution in [3.05, 3.63) is 53.6 Å². The van der Waals surface area contributed by atoms with Crippen LogP contribution < -0.4 is 24.8 Å². The first-order valence-corrected chi connectivity index (χ1v) is 9.05. The van der Waals surface area contributed by atoms with Gasteiger partial charge < -0.3 is 24.8 Å². The SMILES string of the molecule is CN=C(NCc1ccccc1OCC(F)(F)F)NCc1cc(OC)ccc1OC(F)F. The van der Waals surface area contributed by atoms with Crippen LogP contribution in [0.5, 0.6) is 17.2 Å². The number of hydrogen-bond donors (Lipinski definition) is 2. The molecule has 0 aliphatic carbocycles. The quantitative estimate of drug-likeness (QED) is 0.344. The van der Waals surface area contributed by atoms with Crippen LogP contribution in [0.25, 0.3) is 0 Å². The first-order chi connectivity index (χ1) is 14.7. The molecule has 0 aliphatic rings. The van der Waals surface area contributed by atoms with Gasteiger partial charge in [-0.05, 0) is 24.3 Å². The fraction of sp³-hybridized carbons (Fsp3) is 0.350. The Kier molecular flexibility index (Phi) is 8.71. The third-order valence-corrected chi connectivity index (χ3v) is 3.96. The molecule has 0 aromatic heterocycles. The first kappa shape index (κ1) is 24.0. The van der Waals surface area contributed by atoms with Crippen molar-refractivity contribution in [1.29, 1.82) is 0 Å². The number of aliphatic imine (C=N–C) groups is 1. The van der Waals surface area contributed by atoms with E-state index in [9.17, 15) is 22.0 Å². The molecule has 6 nitrogen and oxygen atoms in total. The van der Waals surface area contributed by atoms with Crippen molar-refractivity contribution in [2.45, 2.75) is 25.9 Å². The summed E-state index contributed by atoms with van der Waals surface area (Å²) in [5, 5.41) is 5.87. The summed E-state index contributed by atoms with van der Waals surface area (Å²) in [5.74, 6) is 0.807. The minimum atomic E-state index is -4.45. The molecule has 0 radical (unpaired) electrons. The molecular formula is C20H22F5N3O3. The number of nitrogens with zero attached hydrogens (tertiary/aromatic N) is 1. The van der Waals surface area contributed by atoms with Crippen molar-refractivity contribution in [1.82, 2.24) is 10.6 Å². The fourth-order valence-corrected chi connectivity index (χ4v) is 2.56. The summed E-state index contributed by atoms with van der Waals surface area (Å²) in [6.07, 6.45) is -4.45. The second kappa shape index (κ2) is 11.2. The number of halogens is 5. The van der Waals surface area contributed by atoms with Crippen LogP contribution in [0.2, 0.25) is 0 Å². The van der Waals surface area contributed by atoms with E-state index in [1.165, 1.54) is 38.4 Å². The van der Waals surface area contributed by atoms with Gasteiger partial charge in [-0.25, -0.2) is 0 Å². The van der Waals surface area contributed by atoms with E-state index in [0.717, 1.165) is 0 Å². The van der Waals surface area contributed by atoms with E-state index in [1.54, 1.807) is 18.2 Å². The van der Waals surface area contributed by atoms with Crippen molar-refractivity contribution in [2.75, 3.05) is 20.8 Å². The molecule has 31 heavy (non-hydrogen) atoms. The van der Waals surface area contributed by atoms with Crippen LogP contribution in [0.4, 0.5) is 22.0 Å². The molecule has 0 bridgehead atoms. The lowest BCUT2D eigenvalue weighted by molar-refractivity contribution is -0.153. The van der Waals surface area contributed by atoms with Gasteiger partial charge >= 0.3 is 12.8 Å². The molecule has 2 rings (SSSR count). The molecule has 0 fully saturated rings. The van der Waals surface area contributed by atoms with Crippen molar-refractivity contribution >= 4 is 5.96 Å². The first-order valence-electron chi connectivity index (χ1n) is 9.05. The van der Waals surface area contributed by atoms with Crippen LogP contribution in [0, 0.1) is 0 Å². The lowest BCUT2D eigenvalue weighted by Gasteiger charge is -2.17. The van der Waals surface area contributed by atoms with Gasteiger partial charge in [0.15, 0.2) is 12.6 Å². The molecule has 0 saturated heterocycles. The van der Waals surface area contributed by atoms with Crippen molar-refractivity contribution in [2.24, 2.45) is 4.99 Å². The van der Waals surface area contributed by atoms with Gasteiger partial charge in [0.2, 0.25) is 0 Å². The Balaban J connectivity index is 2.02. The van der Waals surface area contributed by atoms with E-state index in [0.29, 0.717) is 16.9 Å². The van der Waals surface area contributed by atoms with Crippen molar-refractivity contribution in [3.8, 4) is 17.2 Å². The lowest BCUT2D eigenvalue weighted by atomic mass is 10.2. The summed E-state index contributed by atoms with van der Waals surface area (Å²) in [4.78, 5) is 4.02. The predicted octanol–water partition coefficient (Wildman–Crippen LogP) is 4.10. The molecule has 0 atom stereocenters. The van der Waals surface area contributed by atoms with Crippen LogP contribution in [-0.4, -0.2) is 39.5 Å². The van der Waals surface area contributed by atoms with Crippen molar-refractivity contribution < 1.29 is 36.2 Å². The van der Waals surface area contributed by atoms with Crippen LogP contribution in [0.1, 0.15) is 11.1 Å². The zero-order chi connectivity index (χ0) is 22.9. The van der Waals surface area contributed by atoms with Crippen LogP contribution in [0.3, 0.4) is 0 Å². The van der Waals surface area contributed by atoms with Crippen LogP contribution in [-0.2, 0) is 13.1 Å². The van der Waals surface area contributed by atoms with Gasteiger partial charge in [-0.2, -0.15) is 22.0 Å². The van der Waals surface area contributed by atoms with Crippen molar-refractivity contribution in [3.63, 3.8) is 0 Å². The van der Waals surface area contributed by atoms with E-state index < -0.39 is 19.4 Å². The summed E-state index contributed by atoms with van der Waals surface area (Å²) in [6, 6.07) is 10.7. The number of nitrogens with one attached hydrogen (secondary N) is 2. The van der Waals surface area contributed by atoms with Gasteiger partial charge in [-0.15, -0.1) is 0 Å². The Labute approximate surface area is 176 Å². The molecule has 0 saturated carbocycles. The van der Waals surface area contributed by atoms with Crippen LogP contribution in [0.15, 0.2) is 47.5 Å². The third-order valence-electron chi connectivity index (χ3n) is 3.96. The molecule has 2 aromatic carbocycles. The maximum Gasteiger partial charge on any atom is 0.422 e. The number of guanidine groups is 1. The number of para-hydroxylation sites is 1. The van der Waals surface area contributed by atoms with Gasteiger partial charge in [0.05, 0.1) is 7.11 Å². The molecule has 0 spiro atoms. The molecule has 0 amide bonds. The third kappa shape index (κ3) is 8.19. The zero-order valence-electron chi connectivity index (χ0n) is 16.8. The highest BCUT2D eigenvalue weighted by Gasteiger charge is 2.28. The Morgan fingerprint density at radius 3 is 2.29 bits per heavy atom. The zero-order valence-corrected chi connectivity index (χ0v) is 16.8. The van der Waals surface area contributed by atoms with E-state index in [4.69, 9.17) is 9.47 Å². The number of rotatable bonds is 9. The smallest absolute Gasteiger partial charge is 0.422 e. The Hall–Kier alpha value is -3.24. The number of hydrogen-bond acceptors (Lipinski definition) is 4. The Morgan fingerprint density at radius 1 is 1.00 bits per heavy atom. The van der Waals surface area contributed by atoms with Crippen LogP contribution >= 0.6 is 0 Å². The summed E-state index contributed by atoms with van der Waals surface area (Å²) in [7, 11) is 2.93. The second-order valence-electron chi connectivity index (χ2n) is 6.14. The van der Waals surface area contributed by atoms with E-state index in [2.05, 4.69) is 20.4 Å². The average Bonchev–Trinajstić information content (AvgIpc) is 2.73. The lowest BCUT2D eigenvalue weighted by Crippen LogP contribution is -2.36. The molecule has 0 heterocycles. The highest BCUT2D eigenvalue weighted by Crippen LogP contribution is 2.26. The maximum absolute atomic E-state index is 12.6. The molecule has 0 aliphatic heterocycles. The standard InChI is InChI=1S/C20H22F5N3O3/c1-26-19(27-10-13-5-3-4-6-16(13)30-12-20(23,24)25)28-11-14-9-15(29-2)7-8-17(14)31-18(21)22/h3-9,18H,10-12H2,1-2H3,(H2,26,27,28). The number of methoxy groups -OCH3 is 1. The summed E-state index contributed by atoms with van der Waals surface area (Å²) in [5.41, 5.74) is 0.884. The Bertz CT molecular complexity index is 875.